The van der Waals surface area contributed by atoms with Gasteiger partial charge in [0.15, 0.2) is 9.64 Å². The van der Waals surface area contributed by atoms with E-state index in [9.17, 15) is 0 Å². The first-order chi connectivity index (χ1) is 3.30. The summed E-state index contributed by atoms with van der Waals surface area (Å²) < 4.78 is 3.19. The van der Waals surface area contributed by atoms with Crippen molar-refractivity contribution >= 4 is 29.6 Å². The summed E-state index contributed by atoms with van der Waals surface area (Å²) in [5.41, 5.74) is 5.20. The third-order valence-electron chi connectivity index (χ3n) is 0.514. The minimum absolute atomic E-state index is 0.417. The van der Waals surface area contributed by atoms with E-state index in [1.807, 2.05) is 0 Å². The fourth-order valence-electron chi connectivity index (χ4n) is 0.211. The van der Waals surface area contributed by atoms with Crippen molar-refractivity contribution in [2.45, 2.75) is 0 Å². The van der Waals surface area contributed by atoms with E-state index < -0.39 is 0 Å². The van der Waals surface area contributed by atoms with E-state index in [2.05, 4.69) is 21.8 Å². The Balaban J connectivity index is 3.39. The lowest BCUT2D eigenvalue weighted by molar-refractivity contribution is 1.16. The van der Waals surface area contributed by atoms with Crippen LogP contribution in [0.4, 0.5) is 5.82 Å². The van der Waals surface area contributed by atoms with Gasteiger partial charge in [0.2, 0.25) is 0 Å². The largest absolute Gasteiger partial charge is 0.380 e. The first-order valence-corrected chi connectivity index (χ1v) is 2.82. The molecule has 0 spiro atoms. The number of nitrogen functional groups attached to an aromatic ring is 1. The second kappa shape index (κ2) is 1.59. The maximum atomic E-state index is 5.20. The number of nitrogens with zero attached hydrogens (tertiary/aromatic N) is 1. The maximum absolute atomic E-state index is 5.20. The monoisotopic (exact) mass is 133 g/mol. The Labute approximate surface area is 49.3 Å². The highest BCUT2D eigenvalue weighted by molar-refractivity contribution is 7.73. The molecule has 1 heterocycles. The molecule has 0 unspecified atom stereocenters. The van der Waals surface area contributed by atoms with Crippen LogP contribution >= 0.6 is 23.8 Å². The molecule has 0 fully saturated rings. The molecule has 1 aromatic heterocycles. The average Bonchev–Trinajstić information content (AvgIpc) is 1.91. The molecule has 0 aromatic carbocycles. The SMILES string of the molecule is Nc1n[nH]sc1=S. The molecule has 7 heavy (non-hydrogen) atoms. The smallest absolute Gasteiger partial charge is 0.174 e. The lowest BCUT2D eigenvalue weighted by Gasteiger charge is -1.67. The highest BCUT2D eigenvalue weighted by atomic mass is 32.2. The highest BCUT2D eigenvalue weighted by Gasteiger charge is 1.86. The van der Waals surface area contributed by atoms with Crippen molar-refractivity contribution in [1.29, 1.82) is 0 Å². The molecule has 0 aliphatic heterocycles. The van der Waals surface area contributed by atoms with Crippen molar-refractivity contribution in [3.63, 3.8) is 0 Å². The normalized spacial score (nSPS) is 9.14. The Morgan fingerprint density at radius 1 is 1.86 bits per heavy atom. The Bertz CT molecular complexity index is 199. The number of aromatic amines is 1. The summed E-state index contributed by atoms with van der Waals surface area (Å²) in [4.78, 5) is 0. The van der Waals surface area contributed by atoms with Crippen LogP contribution in [0.1, 0.15) is 0 Å². The number of nitrogens with two attached hydrogens (primary N) is 1. The van der Waals surface area contributed by atoms with Gasteiger partial charge in [-0.1, -0.05) is 12.2 Å². The fraction of sp³-hybridized carbons (Fsp3) is 0. The van der Waals surface area contributed by atoms with Gasteiger partial charge in [-0.3, -0.25) is 0 Å². The van der Waals surface area contributed by atoms with Crippen molar-refractivity contribution in [2.24, 2.45) is 0 Å². The molecule has 0 saturated heterocycles. The van der Waals surface area contributed by atoms with Crippen LogP contribution in [0.25, 0.3) is 0 Å². The summed E-state index contributed by atoms with van der Waals surface area (Å²) in [5, 5.41) is 3.58. The van der Waals surface area contributed by atoms with Crippen LogP contribution in [0.5, 0.6) is 0 Å². The van der Waals surface area contributed by atoms with Crippen LogP contribution in [-0.2, 0) is 0 Å². The molecular formula is C2H3N3S2. The summed E-state index contributed by atoms with van der Waals surface area (Å²) in [7, 11) is 0. The van der Waals surface area contributed by atoms with E-state index in [0.29, 0.717) is 9.64 Å². The molecule has 1 aromatic rings. The second-order valence-electron chi connectivity index (χ2n) is 0.978. The Kier molecular flexibility index (Phi) is 1.07. The summed E-state index contributed by atoms with van der Waals surface area (Å²) in [6.45, 7) is 0. The van der Waals surface area contributed by atoms with Crippen LogP contribution < -0.4 is 5.73 Å². The summed E-state index contributed by atoms with van der Waals surface area (Å²) in [6, 6.07) is 0. The minimum atomic E-state index is 0.417. The second-order valence-corrected chi connectivity index (χ2v) is 2.44. The first-order valence-electron chi connectivity index (χ1n) is 1.60. The number of hydrogen-bond acceptors (Lipinski definition) is 4. The Morgan fingerprint density at radius 3 is 2.71 bits per heavy atom. The lowest BCUT2D eigenvalue weighted by atomic mass is 10.9. The molecule has 0 bridgehead atoms. The number of anilines is 1. The van der Waals surface area contributed by atoms with Crippen molar-refractivity contribution in [3.05, 3.63) is 3.82 Å². The van der Waals surface area contributed by atoms with Crippen LogP contribution in [0.15, 0.2) is 0 Å². The number of rotatable bonds is 0. The van der Waals surface area contributed by atoms with E-state index in [4.69, 9.17) is 5.73 Å². The number of H-pyrrole nitrogens is 1. The molecule has 0 atom stereocenters. The number of hydrogen-bond donors (Lipinski definition) is 2. The maximum Gasteiger partial charge on any atom is 0.174 e. The molecular weight excluding hydrogens is 130 g/mol. The average molecular weight is 133 g/mol. The molecule has 1 rings (SSSR count). The molecule has 0 saturated carbocycles. The van der Waals surface area contributed by atoms with Gasteiger partial charge in [0.25, 0.3) is 0 Å². The number of nitrogens with one attached hydrogen (secondary N) is 1. The summed E-state index contributed by atoms with van der Waals surface area (Å²) >= 11 is 5.94. The predicted octanol–water partition coefficient (Wildman–Crippen LogP) is 0.783. The van der Waals surface area contributed by atoms with E-state index in [1.165, 1.54) is 11.5 Å². The van der Waals surface area contributed by atoms with Crippen molar-refractivity contribution in [1.82, 2.24) is 9.59 Å². The van der Waals surface area contributed by atoms with Crippen LogP contribution in [0.2, 0.25) is 0 Å². The molecule has 0 amide bonds. The van der Waals surface area contributed by atoms with Crippen molar-refractivity contribution < 1.29 is 0 Å². The molecule has 0 radical (unpaired) electrons. The topological polar surface area (TPSA) is 54.7 Å². The van der Waals surface area contributed by atoms with E-state index in [-0.39, 0.29) is 0 Å². The van der Waals surface area contributed by atoms with E-state index in [0.717, 1.165) is 0 Å². The van der Waals surface area contributed by atoms with E-state index >= 15 is 0 Å². The Hall–Kier alpha value is -0.420. The molecule has 5 heteroatoms. The minimum Gasteiger partial charge on any atom is -0.380 e. The zero-order valence-corrected chi connectivity index (χ0v) is 4.97. The summed E-state index contributed by atoms with van der Waals surface area (Å²) in [5.74, 6) is 0.417. The fourth-order valence-corrected chi connectivity index (χ4v) is 0.746. The van der Waals surface area contributed by atoms with Gasteiger partial charge in [0.05, 0.1) is 0 Å². The molecule has 0 aliphatic rings. The van der Waals surface area contributed by atoms with Gasteiger partial charge >= 0.3 is 0 Å². The molecule has 38 valence electrons. The van der Waals surface area contributed by atoms with Gasteiger partial charge in [-0.2, -0.15) is 0 Å². The van der Waals surface area contributed by atoms with Crippen molar-refractivity contribution in [2.75, 3.05) is 5.73 Å². The Morgan fingerprint density at radius 2 is 2.57 bits per heavy atom. The zero-order valence-electron chi connectivity index (χ0n) is 3.34. The van der Waals surface area contributed by atoms with Crippen LogP contribution in [0, 0.1) is 3.82 Å². The van der Waals surface area contributed by atoms with E-state index in [1.54, 1.807) is 0 Å². The quantitative estimate of drug-likeness (QED) is 0.514. The molecule has 0 aliphatic carbocycles. The first kappa shape index (κ1) is 4.73. The van der Waals surface area contributed by atoms with Gasteiger partial charge in [-0.25, -0.2) is 4.49 Å². The van der Waals surface area contributed by atoms with Crippen LogP contribution in [-0.4, -0.2) is 9.59 Å². The zero-order chi connectivity index (χ0) is 5.28. The van der Waals surface area contributed by atoms with Gasteiger partial charge in [-0.05, 0) is 11.5 Å². The van der Waals surface area contributed by atoms with Gasteiger partial charge in [-0.15, -0.1) is 5.10 Å². The highest BCUT2D eigenvalue weighted by Crippen LogP contribution is 2.01. The molecule has 3 nitrogen and oxygen atoms in total. The van der Waals surface area contributed by atoms with Crippen LogP contribution in [0.3, 0.4) is 0 Å². The number of aromatic nitrogens is 2. The third-order valence-corrected chi connectivity index (χ3v) is 1.55. The summed E-state index contributed by atoms with van der Waals surface area (Å²) in [6.07, 6.45) is 0. The standard InChI is InChI=1S/C2H3N3S2/c3-1-2(6)7-5-4-1/h5H,(H2,3,4). The van der Waals surface area contributed by atoms with Gasteiger partial charge in [0, 0.05) is 0 Å². The van der Waals surface area contributed by atoms with Gasteiger partial charge < -0.3 is 5.73 Å². The van der Waals surface area contributed by atoms with Gasteiger partial charge in [0.1, 0.15) is 0 Å². The third kappa shape index (κ3) is 0.779. The van der Waals surface area contributed by atoms with Crippen molar-refractivity contribution in [3.8, 4) is 0 Å². The predicted molar refractivity (Wildman–Crippen MR) is 31.7 cm³/mol. The lowest BCUT2D eigenvalue weighted by Crippen LogP contribution is -1.82. The molecule has 3 N–H and O–H groups in total.